The third kappa shape index (κ3) is 2.78. The molecule has 1 saturated heterocycles. The molecule has 14 heavy (non-hydrogen) atoms. The topological polar surface area (TPSA) is 21.3 Å². The van der Waals surface area contributed by atoms with Crippen molar-refractivity contribution in [3.8, 4) is 0 Å². The second kappa shape index (κ2) is 3.98. The van der Waals surface area contributed by atoms with Crippen molar-refractivity contribution in [1.29, 1.82) is 0 Å². The van der Waals surface area contributed by atoms with Gasteiger partial charge in [0.25, 0.3) is 0 Å². The molecule has 7 heteroatoms. The number of rotatable bonds is 3. The predicted octanol–water partition coefficient (Wildman–Crippen LogP) is 1.91. The average molecular weight is 219 g/mol. The Kier molecular flexibility index (Phi) is 3.31. The quantitative estimate of drug-likeness (QED) is 0.732. The van der Waals surface area contributed by atoms with Crippen LogP contribution >= 0.6 is 0 Å². The fraction of sp³-hybridized carbons (Fsp3) is 1.00. The highest BCUT2D eigenvalue weighted by Crippen LogP contribution is 2.36. The Balaban J connectivity index is 2.35. The zero-order chi connectivity index (χ0) is 10.8. The normalized spacial score (nSPS) is 24.2. The molecular formula is C7H10F5NO. The molecule has 0 aromatic heterocycles. The van der Waals surface area contributed by atoms with Gasteiger partial charge in [0.15, 0.2) is 0 Å². The highest BCUT2D eigenvalue weighted by atomic mass is 19.4. The lowest BCUT2D eigenvalue weighted by Gasteiger charge is -2.21. The summed E-state index contributed by atoms with van der Waals surface area (Å²) in [5.74, 6) is 0. The number of nitrogens with one attached hydrogen (secondary N) is 1. The summed E-state index contributed by atoms with van der Waals surface area (Å²) in [5, 5.41) is 2.75. The first-order chi connectivity index (χ1) is 6.33. The first-order valence-corrected chi connectivity index (χ1v) is 4.15. The van der Waals surface area contributed by atoms with Crippen LogP contribution < -0.4 is 5.32 Å². The van der Waals surface area contributed by atoms with Gasteiger partial charge in [-0.3, -0.25) is 0 Å². The van der Waals surface area contributed by atoms with E-state index in [2.05, 4.69) is 10.1 Å². The molecule has 0 unspecified atom stereocenters. The van der Waals surface area contributed by atoms with E-state index >= 15 is 0 Å². The van der Waals surface area contributed by atoms with Gasteiger partial charge in [0.2, 0.25) is 0 Å². The Bertz CT molecular complexity index is 187. The van der Waals surface area contributed by atoms with E-state index in [1.165, 1.54) is 0 Å². The molecule has 0 bridgehead atoms. The van der Waals surface area contributed by atoms with Gasteiger partial charge in [-0.25, -0.2) is 0 Å². The lowest BCUT2D eigenvalue weighted by molar-refractivity contribution is -0.391. The summed E-state index contributed by atoms with van der Waals surface area (Å²) in [4.78, 5) is 0. The summed E-state index contributed by atoms with van der Waals surface area (Å²) in [6, 6.07) is -0.400. The highest BCUT2D eigenvalue weighted by Gasteiger charge is 2.59. The molecule has 0 aromatic carbocycles. The Morgan fingerprint density at radius 1 is 1.21 bits per heavy atom. The summed E-state index contributed by atoms with van der Waals surface area (Å²) >= 11 is 0. The molecule has 1 rings (SSSR count). The third-order valence-corrected chi connectivity index (χ3v) is 1.96. The van der Waals surface area contributed by atoms with Gasteiger partial charge in [-0.1, -0.05) is 0 Å². The first kappa shape index (κ1) is 11.6. The summed E-state index contributed by atoms with van der Waals surface area (Å²) < 4.78 is 62.8. The maximum atomic E-state index is 12.2. The minimum atomic E-state index is -5.63. The molecule has 1 aliphatic heterocycles. The maximum Gasteiger partial charge on any atom is 0.482 e. The monoisotopic (exact) mass is 219 g/mol. The summed E-state index contributed by atoms with van der Waals surface area (Å²) in [6.07, 6.45) is -9.34. The second-order valence-corrected chi connectivity index (χ2v) is 3.12. The van der Waals surface area contributed by atoms with Crippen molar-refractivity contribution in [2.24, 2.45) is 0 Å². The van der Waals surface area contributed by atoms with Gasteiger partial charge in [0.05, 0.1) is 6.61 Å². The van der Waals surface area contributed by atoms with Crippen molar-refractivity contribution in [2.45, 2.75) is 31.2 Å². The predicted molar refractivity (Wildman–Crippen MR) is 38.0 cm³/mol. The second-order valence-electron chi connectivity index (χ2n) is 3.12. The molecule has 1 heterocycles. The Morgan fingerprint density at radius 3 is 2.29 bits per heavy atom. The maximum absolute atomic E-state index is 12.2. The number of hydrogen-bond acceptors (Lipinski definition) is 2. The average Bonchev–Trinajstić information content (AvgIpc) is 2.50. The number of ether oxygens (including phenoxy) is 1. The molecular weight excluding hydrogens is 209 g/mol. The van der Waals surface area contributed by atoms with E-state index in [9.17, 15) is 22.0 Å². The van der Waals surface area contributed by atoms with E-state index in [1.54, 1.807) is 0 Å². The van der Waals surface area contributed by atoms with Crippen molar-refractivity contribution in [3.05, 3.63) is 0 Å². The Morgan fingerprint density at radius 2 is 1.86 bits per heavy atom. The Labute approximate surface area is 77.4 Å². The van der Waals surface area contributed by atoms with Crippen LogP contribution in [0.4, 0.5) is 22.0 Å². The zero-order valence-corrected chi connectivity index (χ0v) is 7.20. The lowest BCUT2D eigenvalue weighted by Crippen LogP contribution is -2.42. The standard InChI is InChI=1S/C7H10F5NO/c8-6(9,10)7(11,12)14-4-5-2-1-3-13-5/h5,13H,1-4H2/t5-/m1/s1. The Hall–Kier alpha value is -0.430. The molecule has 84 valence electrons. The van der Waals surface area contributed by atoms with E-state index in [0.29, 0.717) is 13.0 Å². The van der Waals surface area contributed by atoms with Crippen LogP contribution in [0.2, 0.25) is 0 Å². The SMILES string of the molecule is FC(F)(F)C(F)(F)OC[C@H]1CCCN1. The molecule has 2 nitrogen and oxygen atoms in total. The minimum Gasteiger partial charge on any atom is -0.312 e. The minimum absolute atomic E-state index is 0.400. The fourth-order valence-electron chi connectivity index (χ4n) is 1.19. The van der Waals surface area contributed by atoms with Gasteiger partial charge in [-0.15, -0.1) is 0 Å². The van der Waals surface area contributed by atoms with Crippen molar-refractivity contribution < 1.29 is 26.7 Å². The fourth-order valence-corrected chi connectivity index (χ4v) is 1.19. The number of halogens is 5. The van der Waals surface area contributed by atoms with Crippen molar-refractivity contribution >= 4 is 0 Å². The first-order valence-electron chi connectivity index (χ1n) is 4.15. The van der Waals surface area contributed by atoms with Gasteiger partial charge in [0.1, 0.15) is 0 Å². The van der Waals surface area contributed by atoms with E-state index in [-0.39, 0.29) is 0 Å². The summed E-state index contributed by atoms with van der Waals surface area (Å²) in [6.45, 7) is 0.0120. The largest absolute Gasteiger partial charge is 0.482 e. The van der Waals surface area contributed by atoms with Gasteiger partial charge < -0.3 is 10.1 Å². The van der Waals surface area contributed by atoms with E-state index in [0.717, 1.165) is 6.42 Å². The molecule has 0 amide bonds. The molecule has 0 aliphatic carbocycles. The van der Waals surface area contributed by atoms with Crippen LogP contribution in [-0.4, -0.2) is 31.5 Å². The van der Waals surface area contributed by atoms with Crippen molar-refractivity contribution in [2.75, 3.05) is 13.2 Å². The summed E-state index contributed by atoms with van der Waals surface area (Å²) in [5.41, 5.74) is 0. The summed E-state index contributed by atoms with van der Waals surface area (Å²) in [7, 11) is 0. The zero-order valence-electron chi connectivity index (χ0n) is 7.20. The van der Waals surface area contributed by atoms with E-state index < -0.39 is 24.9 Å². The van der Waals surface area contributed by atoms with E-state index in [1.807, 2.05) is 0 Å². The van der Waals surface area contributed by atoms with Gasteiger partial charge >= 0.3 is 12.3 Å². The van der Waals surface area contributed by atoms with Crippen LogP contribution in [0.15, 0.2) is 0 Å². The molecule has 1 atom stereocenters. The number of alkyl halides is 5. The van der Waals surface area contributed by atoms with Crippen molar-refractivity contribution in [3.63, 3.8) is 0 Å². The van der Waals surface area contributed by atoms with Crippen molar-refractivity contribution in [1.82, 2.24) is 5.32 Å². The molecule has 0 spiro atoms. The molecule has 0 saturated carbocycles. The van der Waals surface area contributed by atoms with Crippen LogP contribution in [-0.2, 0) is 4.74 Å². The van der Waals surface area contributed by atoms with Gasteiger partial charge in [0, 0.05) is 6.04 Å². The van der Waals surface area contributed by atoms with Crippen LogP contribution in [0.25, 0.3) is 0 Å². The van der Waals surface area contributed by atoms with Crippen LogP contribution in [0.1, 0.15) is 12.8 Å². The smallest absolute Gasteiger partial charge is 0.312 e. The van der Waals surface area contributed by atoms with Gasteiger partial charge in [-0.05, 0) is 19.4 Å². The van der Waals surface area contributed by atoms with Crippen LogP contribution in [0, 0.1) is 0 Å². The number of hydrogen-bond donors (Lipinski definition) is 1. The van der Waals surface area contributed by atoms with E-state index in [4.69, 9.17) is 0 Å². The molecule has 0 aromatic rings. The van der Waals surface area contributed by atoms with Crippen LogP contribution in [0.5, 0.6) is 0 Å². The molecule has 1 N–H and O–H groups in total. The molecule has 1 aliphatic rings. The molecule has 1 fully saturated rings. The highest BCUT2D eigenvalue weighted by molar-refractivity contribution is 4.75. The third-order valence-electron chi connectivity index (χ3n) is 1.96. The lowest BCUT2D eigenvalue weighted by atomic mass is 10.2. The molecule has 0 radical (unpaired) electrons. The van der Waals surface area contributed by atoms with Crippen LogP contribution in [0.3, 0.4) is 0 Å². The van der Waals surface area contributed by atoms with Gasteiger partial charge in [-0.2, -0.15) is 22.0 Å².